The molecule has 18 heavy (non-hydrogen) atoms. The maximum Gasteiger partial charge on any atom is 0.194 e. The summed E-state index contributed by atoms with van der Waals surface area (Å²) in [4.78, 5) is 5.38. The maximum absolute atomic E-state index is 5.97. The Balaban J connectivity index is 2.27. The lowest BCUT2D eigenvalue weighted by Crippen LogP contribution is -1.93. The van der Waals surface area contributed by atoms with E-state index in [0.29, 0.717) is 5.88 Å². The van der Waals surface area contributed by atoms with E-state index in [1.165, 1.54) is 22.4 Å². The third-order valence-corrected chi connectivity index (χ3v) is 4.23. The van der Waals surface area contributed by atoms with Gasteiger partial charge in [-0.2, -0.15) is 0 Å². The molecule has 1 aromatic carbocycles. The van der Waals surface area contributed by atoms with E-state index in [-0.39, 0.29) is 0 Å². The Morgan fingerprint density at radius 1 is 1.33 bits per heavy atom. The van der Waals surface area contributed by atoms with Crippen LogP contribution >= 0.6 is 22.9 Å². The highest BCUT2D eigenvalue weighted by Gasteiger charge is 2.12. The number of nitrogens with zero attached hydrogens (tertiary/aromatic N) is 2. The van der Waals surface area contributed by atoms with Crippen molar-refractivity contribution in [1.82, 2.24) is 9.38 Å². The standard InChI is InChI=1S/C14H13ClN2S/c1-9-3-4-12(10(2)5-9)13-8-18-14-16-7-11(6-15)17(13)14/h3-5,7-8H,6H2,1-2H3. The fourth-order valence-corrected chi connectivity index (χ4v) is 3.32. The van der Waals surface area contributed by atoms with E-state index in [1.807, 2.05) is 6.20 Å². The molecule has 0 N–H and O–H groups in total. The lowest BCUT2D eigenvalue weighted by Gasteiger charge is -2.07. The average molecular weight is 277 g/mol. The first-order chi connectivity index (χ1) is 8.70. The van der Waals surface area contributed by atoms with Crippen LogP contribution in [0.5, 0.6) is 0 Å². The summed E-state index contributed by atoms with van der Waals surface area (Å²) in [5.74, 6) is 0.482. The zero-order valence-corrected chi connectivity index (χ0v) is 11.8. The zero-order chi connectivity index (χ0) is 12.7. The molecule has 2 heterocycles. The smallest absolute Gasteiger partial charge is 0.194 e. The van der Waals surface area contributed by atoms with E-state index in [1.54, 1.807) is 11.3 Å². The number of thiazole rings is 1. The predicted molar refractivity (Wildman–Crippen MR) is 77.5 cm³/mol. The van der Waals surface area contributed by atoms with Crippen molar-refractivity contribution in [2.24, 2.45) is 0 Å². The molecule has 0 saturated carbocycles. The molecular weight excluding hydrogens is 264 g/mol. The van der Waals surface area contributed by atoms with Crippen molar-refractivity contribution in [3.63, 3.8) is 0 Å². The first-order valence-electron chi connectivity index (χ1n) is 5.78. The minimum absolute atomic E-state index is 0.482. The monoisotopic (exact) mass is 276 g/mol. The normalized spacial score (nSPS) is 11.3. The number of rotatable bonds is 2. The van der Waals surface area contributed by atoms with Crippen LogP contribution in [0.3, 0.4) is 0 Å². The molecule has 2 aromatic heterocycles. The van der Waals surface area contributed by atoms with Crippen molar-refractivity contribution in [3.05, 3.63) is 46.6 Å². The van der Waals surface area contributed by atoms with Gasteiger partial charge in [0.2, 0.25) is 0 Å². The van der Waals surface area contributed by atoms with Crippen LogP contribution in [-0.4, -0.2) is 9.38 Å². The van der Waals surface area contributed by atoms with E-state index < -0.39 is 0 Å². The summed E-state index contributed by atoms with van der Waals surface area (Å²) in [7, 11) is 0. The van der Waals surface area contributed by atoms with Crippen LogP contribution in [0.1, 0.15) is 16.8 Å². The first-order valence-corrected chi connectivity index (χ1v) is 7.19. The van der Waals surface area contributed by atoms with Gasteiger partial charge in [-0.05, 0) is 19.4 Å². The molecule has 0 radical (unpaired) electrons. The Kier molecular flexibility index (Phi) is 2.88. The Morgan fingerprint density at radius 2 is 2.17 bits per heavy atom. The third kappa shape index (κ3) is 1.74. The predicted octanol–water partition coefficient (Wildman–Crippen LogP) is 4.42. The second-order valence-electron chi connectivity index (χ2n) is 4.44. The molecule has 0 spiro atoms. The lowest BCUT2D eigenvalue weighted by molar-refractivity contribution is 1.12. The van der Waals surface area contributed by atoms with Gasteiger partial charge >= 0.3 is 0 Å². The average Bonchev–Trinajstić information content (AvgIpc) is 2.90. The largest absolute Gasteiger partial charge is 0.286 e. The van der Waals surface area contributed by atoms with Gasteiger partial charge in [-0.1, -0.05) is 23.8 Å². The number of aryl methyl sites for hydroxylation is 2. The Hall–Kier alpha value is -1.32. The Bertz CT molecular complexity index is 712. The van der Waals surface area contributed by atoms with Gasteiger partial charge in [-0.3, -0.25) is 4.40 Å². The third-order valence-electron chi connectivity index (χ3n) is 3.11. The van der Waals surface area contributed by atoms with E-state index in [9.17, 15) is 0 Å². The fraction of sp³-hybridized carbons (Fsp3) is 0.214. The summed E-state index contributed by atoms with van der Waals surface area (Å²) in [6.07, 6.45) is 1.85. The number of halogens is 1. The van der Waals surface area contributed by atoms with E-state index in [0.717, 1.165) is 10.7 Å². The molecule has 0 aliphatic rings. The fourth-order valence-electron chi connectivity index (χ4n) is 2.25. The van der Waals surface area contributed by atoms with Crippen molar-refractivity contribution in [3.8, 4) is 11.3 Å². The van der Waals surface area contributed by atoms with Crippen molar-refractivity contribution < 1.29 is 0 Å². The molecule has 0 aliphatic heterocycles. The number of hydrogen-bond donors (Lipinski definition) is 0. The molecule has 0 saturated heterocycles. The first kappa shape index (κ1) is 11.8. The second kappa shape index (κ2) is 4.41. The number of benzene rings is 1. The Labute approximate surface area is 115 Å². The van der Waals surface area contributed by atoms with Crippen LogP contribution in [-0.2, 0) is 5.88 Å². The van der Waals surface area contributed by atoms with Crippen LogP contribution in [0.2, 0.25) is 0 Å². The molecule has 0 atom stereocenters. The molecule has 0 bridgehead atoms. The van der Waals surface area contributed by atoms with Crippen LogP contribution in [0, 0.1) is 13.8 Å². The molecular formula is C14H13ClN2S. The molecule has 3 rings (SSSR count). The number of fused-ring (bicyclic) bond motifs is 1. The van der Waals surface area contributed by atoms with E-state index in [4.69, 9.17) is 11.6 Å². The second-order valence-corrected chi connectivity index (χ2v) is 5.54. The summed E-state index contributed by atoms with van der Waals surface area (Å²) in [6, 6.07) is 6.52. The van der Waals surface area contributed by atoms with Crippen molar-refractivity contribution in [2.45, 2.75) is 19.7 Å². The van der Waals surface area contributed by atoms with Gasteiger partial charge in [0.05, 0.1) is 23.5 Å². The van der Waals surface area contributed by atoms with Crippen LogP contribution in [0.25, 0.3) is 16.2 Å². The highest BCUT2D eigenvalue weighted by molar-refractivity contribution is 7.15. The molecule has 3 aromatic rings. The number of alkyl halides is 1. The highest BCUT2D eigenvalue weighted by Crippen LogP contribution is 2.30. The number of imidazole rings is 1. The van der Waals surface area contributed by atoms with Gasteiger partial charge in [0, 0.05) is 10.9 Å². The molecule has 0 fully saturated rings. The van der Waals surface area contributed by atoms with E-state index >= 15 is 0 Å². The number of aromatic nitrogens is 2. The number of hydrogen-bond acceptors (Lipinski definition) is 2. The molecule has 0 aliphatic carbocycles. The molecule has 92 valence electrons. The summed E-state index contributed by atoms with van der Waals surface area (Å²) >= 11 is 7.62. The summed E-state index contributed by atoms with van der Waals surface area (Å²) in [5, 5.41) is 2.15. The minimum atomic E-state index is 0.482. The van der Waals surface area contributed by atoms with Crippen molar-refractivity contribution in [2.75, 3.05) is 0 Å². The highest BCUT2D eigenvalue weighted by atomic mass is 35.5. The van der Waals surface area contributed by atoms with Gasteiger partial charge in [-0.25, -0.2) is 4.98 Å². The SMILES string of the molecule is Cc1ccc(-c2csc3ncc(CCl)n23)c(C)c1. The van der Waals surface area contributed by atoms with Crippen LogP contribution in [0.4, 0.5) is 0 Å². The van der Waals surface area contributed by atoms with Gasteiger partial charge in [-0.15, -0.1) is 22.9 Å². The zero-order valence-electron chi connectivity index (χ0n) is 10.3. The summed E-state index contributed by atoms with van der Waals surface area (Å²) in [5.41, 5.74) is 6.04. The van der Waals surface area contributed by atoms with Crippen molar-refractivity contribution >= 4 is 27.9 Å². The minimum Gasteiger partial charge on any atom is -0.286 e. The molecule has 4 heteroatoms. The van der Waals surface area contributed by atoms with E-state index in [2.05, 4.69) is 46.8 Å². The van der Waals surface area contributed by atoms with Gasteiger partial charge in [0.15, 0.2) is 4.96 Å². The summed E-state index contributed by atoms with van der Waals surface area (Å²) < 4.78 is 2.15. The summed E-state index contributed by atoms with van der Waals surface area (Å²) in [6.45, 7) is 4.25. The Morgan fingerprint density at radius 3 is 2.89 bits per heavy atom. The quantitative estimate of drug-likeness (QED) is 0.634. The molecule has 0 amide bonds. The van der Waals surface area contributed by atoms with Gasteiger partial charge in [0.25, 0.3) is 0 Å². The van der Waals surface area contributed by atoms with Gasteiger partial charge in [0.1, 0.15) is 0 Å². The van der Waals surface area contributed by atoms with Crippen LogP contribution < -0.4 is 0 Å². The van der Waals surface area contributed by atoms with Crippen molar-refractivity contribution in [1.29, 1.82) is 0 Å². The van der Waals surface area contributed by atoms with Gasteiger partial charge < -0.3 is 0 Å². The topological polar surface area (TPSA) is 17.3 Å². The maximum atomic E-state index is 5.97. The lowest BCUT2D eigenvalue weighted by atomic mass is 10.0. The molecule has 2 nitrogen and oxygen atoms in total. The van der Waals surface area contributed by atoms with Crippen LogP contribution in [0.15, 0.2) is 29.8 Å². The molecule has 0 unspecified atom stereocenters.